The van der Waals surface area contributed by atoms with Crippen molar-refractivity contribution in [2.75, 3.05) is 11.9 Å². The molecule has 0 atom stereocenters. The maximum Gasteiger partial charge on any atom is 0.232 e. The van der Waals surface area contributed by atoms with Gasteiger partial charge in [0.2, 0.25) is 5.91 Å². The standard InChI is InChI=1S/C18H15FN2OS/c1-21(16-8-3-2-4-9-16)17(22)11-15-12-23-18(20-15)13-6-5-7-14(19)10-13/h2-10,12H,11H2,1H3. The molecule has 116 valence electrons. The van der Waals surface area contributed by atoms with Gasteiger partial charge in [0.15, 0.2) is 0 Å². The zero-order valence-electron chi connectivity index (χ0n) is 12.6. The molecule has 1 heterocycles. The zero-order chi connectivity index (χ0) is 16.2. The number of hydrogen-bond donors (Lipinski definition) is 0. The first-order chi connectivity index (χ1) is 11.1. The molecule has 0 aliphatic carbocycles. The summed E-state index contributed by atoms with van der Waals surface area (Å²) in [5.74, 6) is -0.327. The maximum atomic E-state index is 13.3. The number of hydrogen-bond acceptors (Lipinski definition) is 3. The van der Waals surface area contributed by atoms with E-state index in [-0.39, 0.29) is 18.1 Å². The van der Waals surface area contributed by atoms with Gasteiger partial charge in [0, 0.05) is 23.7 Å². The highest BCUT2D eigenvalue weighted by molar-refractivity contribution is 7.13. The van der Waals surface area contributed by atoms with E-state index >= 15 is 0 Å². The van der Waals surface area contributed by atoms with Crippen LogP contribution in [0.1, 0.15) is 5.69 Å². The molecular formula is C18H15FN2OS. The van der Waals surface area contributed by atoms with E-state index in [4.69, 9.17) is 0 Å². The number of carbonyl (C=O) groups excluding carboxylic acids is 1. The number of nitrogens with zero attached hydrogens (tertiary/aromatic N) is 2. The number of para-hydroxylation sites is 1. The second-order valence-corrected chi connectivity index (χ2v) is 5.98. The molecule has 0 spiro atoms. The van der Waals surface area contributed by atoms with E-state index in [1.165, 1.54) is 23.5 Å². The topological polar surface area (TPSA) is 33.2 Å². The van der Waals surface area contributed by atoms with E-state index in [2.05, 4.69) is 4.98 Å². The van der Waals surface area contributed by atoms with Crippen molar-refractivity contribution in [1.29, 1.82) is 0 Å². The molecule has 0 fully saturated rings. The Balaban J connectivity index is 1.73. The molecule has 2 aromatic carbocycles. The third-order valence-electron chi connectivity index (χ3n) is 3.47. The van der Waals surface area contributed by atoms with Crippen LogP contribution < -0.4 is 4.90 Å². The molecule has 3 aromatic rings. The fourth-order valence-corrected chi connectivity index (χ4v) is 3.03. The molecule has 0 aliphatic heterocycles. The summed E-state index contributed by atoms with van der Waals surface area (Å²) in [6.45, 7) is 0. The minimum atomic E-state index is -0.292. The molecule has 0 radical (unpaired) electrons. The van der Waals surface area contributed by atoms with Crippen molar-refractivity contribution in [3.63, 3.8) is 0 Å². The van der Waals surface area contributed by atoms with Crippen molar-refractivity contribution >= 4 is 22.9 Å². The van der Waals surface area contributed by atoms with Crippen molar-refractivity contribution in [2.24, 2.45) is 0 Å². The highest BCUT2D eigenvalue weighted by Crippen LogP contribution is 2.24. The summed E-state index contributed by atoms with van der Waals surface area (Å²) in [6, 6.07) is 15.8. The molecule has 3 nitrogen and oxygen atoms in total. The summed E-state index contributed by atoms with van der Waals surface area (Å²) < 4.78 is 13.3. The van der Waals surface area contributed by atoms with Crippen LogP contribution >= 0.6 is 11.3 Å². The minimum absolute atomic E-state index is 0.0349. The third-order valence-corrected chi connectivity index (χ3v) is 4.41. The molecule has 1 amide bonds. The van der Waals surface area contributed by atoms with E-state index in [1.807, 2.05) is 41.8 Å². The molecule has 23 heavy (non-hydrogen) atoms. The van der Waals surface area contributed by atoms with Crippen LogP contribution in [0, 0.1) is 5.82 Å². The average Bonchev–Trinajstić information content (AvgIpc) is 3.03. The fraction of sp³-hybridized carbons (Fsp3) is 0.111. The van der Waals surface area contributed by atoms with E-state index in [1.54, 1.807) is 18.0 Å². The Morgan fingerprint density at radius 2 is 1.96 bits per heavy atom. The second kappa shape index (κ2) is 6.71. The molecule has 3 rings (SSSR count). The molecule has 0 saturated heterocycles. The number of thiazole rings is 1. The van der Waals surface area contributed by atoms with Gasteiger partial charge in [0.1, 0.15) is 10.8 Å². The summed E-state index contributed by atoms with van der Waals surface area (Å²) in [7, 11) is 1.75. The molecule has 0 bridgehead atoms. The molecular weight excluding hydrogens is 311 g/mol. The van der Waals surface area contributed by atoms with E-state index in [9.17, 15) is 9.18 Å². The van der Waals surface area contributed by atoms with Crippen LogP contribution in [-0.2, 0) is 11.2 Å². The number of likely N-dealkylation sites (N-methyl/N-ethyl adjacent to an activating group) is 1. The van der Waals surface area contributed by atoms with Gasteiger partial charge in [0.05, 0.1) is 12.1 Å². The van der Waals surface area contributed by atoms with Crippen molar-refractivity contribution in [3.8, 4) is 10.6 Å². The van der Waals surface area contributed by atoms with Crippen LogP contribution in [0.5, 0.6) is 0 Å². The molecule has 0 saturated carbocycles. The van der Waals surface area contributed by atoms with E-state index in [0.717, 1.165) is 16.3 Å². The fourth-order valence-electron chi connectivity index (χ4n) is 2.21. The van der Waals surface area contributed by atoms with Crippen molar-refractivity contribution < 1.29 is 9.18 Å². The lowest BCUT2D eigenvalue weighted by atomic mass is 10.2. The lowest BCUT2D eigenvalue weighted by molar-refractivity contribution is -0.117. The van der Waals surface area contributed by atoms with Gasteiger partial charge in [-0.3, -0.25) is 4.79 Å². The van der Waals surface area contributed by atoms with Gasteiger partial charge in [-0.25, -0.2) is 9.37 Å². The predicted octanol–water partition coefficient (Wildman–Crippen LogP) is 4.15. The van der Waals surface area contributed by atoms with Crippen LogP contribution in [0.3, 0.4) is 0 Å². The average molecular weight is 326 g/mol. The minimum Gasteiger partial charge on any atom is -0.315 e. The summed E-state index contributed by atoms with van der Waals surface area (Å²) in [4.78, 5) is 18.4. The largest absolute Gasteiger partial charge is 0.315 e. The maximum absolute atomic E-state index is 13.3. The van der Waals surface area contributed by atoms with Crippen molar-refractivity contribution in [1.82, 2.24) is 4.98 Å². The molecule has 5 heteroatoms. The monoisotopic (exact) mass is 326 g/mol. The zero-order valence-corrected chi connectivity index (χ0v) is 13.4. The van der Waals surface area contributed by atoms with Crippen molar-refractivity contribution in [2.45, 2.75) is 6.42 Å². The van der Waals surface area contributed by atoms with Gasteiger partial charge in [0.25, 0.3) is 0 Å². The number of anilines is 1. The molecule has 0 unspecified atom stereocenters. The normalized spacial score (nSPS) is 10.5. The Labute approximate surface area is 138 Å². The summed E-state index contributed by atoms with van der Waals surface area (Å²) in [5, 5.41) is 2.56. The second-order valence-electron chi connectivity index (χ2n) is 5.12. The quantitative estimate of drug-likeness (QED) is 0.721. The van der Waals surface area contributed by atoms with E-state index in [0.29, 0.717) is 5.69 Å². The number of rotatable bonds is 4. The Morgan fingerprint density at radius 3 is 2.70 bits per heavy atom. The number of halogens is 1. The third kappa shape index (κ3) is 3.63. The molecule has 1 aromatic heterocycles. The smallest absolute Gasteiger partial charge is 0.232 e. The number of benzene rings is 2. The number of carbonyl (C=O) groups is 1. The van der Waals surface area contributed by atoms with Crippen molar-refractivity contribution in [3.05, 3.63) is 71.5 Å². The molecule has 0 N–H and O–H groups in total. The first-order valence-electron chi connectivity index (χ1n) is 7.15. The Morgan fingerprint density at radius 1 is 1.17 bits per heavy atom. The summed E-state index contributed by atoms with van der Waals surface area (Å²) in [5.41, 5.74) is 2.27. The highest BCUT2D eigenvalue weighted by atomic mass is 32.1. The summed E-state index contributed by atoms with van der Waals surface area (Å²) >= 11 is 1.41. The number of amides is 1. The lowest BCUT2D eigenvalue weighted by Crippen LogP contribution is -2.27. The molecule has 0 aliphatic rings. The van der Waals surface area contributed by atoms with Gasteiger partial charge >= 0.3 is 0 Å². The first-order valence-corrected chi connectivity index (χ1v) is 8.03. The first kappa shape index (κ1) is 15.4. The van der Waals surface area contributed by atoms with E-state index < -0.39 is 0 Å². The van der Waals surface area contributed by atoms with Gasteiger partial charge < -0.3 is 4.90 Å². The lowest BCUT2D eigenvalue weighted by Gasteiger charge is -2.16. The van der Waals surface area contributed by atoms with Gasteiger partial charge in [-0.15, -0.1) is 11.3 Å². The van der Waals surface area contributed by atoms with Gasteiger partial charge in [-0.2, -0.15) is 0 Å². The Kier molecular flexibility index (Phi) is 4.48. The van der Waals surface area contributed by atoms with Crippen LogP contribution in [0.15, 0.2) is 60.0 Å². The van der Waals surface area contributed by atoms with Crippen LogP contribution in [0.2, 0.25) is 0 Å². The van der Waals surface area contributed by atoms with Crippen LogP contribution in [0.25, 0.3) is 10.6 Å². The Hall–Kier alpha value is -2.53. The highest BCUT2D eigenvalue weighted by Gasteiger charge is 2.14. The Bertz CT molecular complexity index is 817. The van der Waals surface area contributed by atoms with Crippen LogP contribution in [-0.4, -0.2) is 17.9 Å². The van der Waals surface area contributed by atoms with Crippen LogP contribution in [0.4, 0.5) is 10.1 Å². The van der Waals surface area contributed by atoms with Gasteiger partial charge in [-0.05, 0) is 24.3 Å². The van der Waals surface area contributed by atoms with Gasteiger partial charge in [-0.1, -0.05) is 30.3 Å². The summed E-state index contributed by atoms with van der Waals surface area (Å²) in [6.07, 6.45) is 0.219. The SMILES string of the molecule is CN(C(=O)Cc1csc(-c2cccc(F)c2)n1)c1ccccc1. The predicted molar refractivity (Wildman–Crippen MR) is 91.1 cm³/mol. The number of aromatic nitrogens is 1.